The topological polar surface area (TPSA) is 154 Å². The van der Waals surface area contributed by atoms with Crippen molar-refractivity contribution in [3.8, 4) is 5.75 Å². The number of halogens is 2. The molecule has 5 atom stereocenters. The molecule has 1 aliphatic heterocycles. The first-order valence-electron chi connectivity index (χ1n) is 15.5. The fourth-order valence-corrected chi connectivity index (χ4v) is 6.51. The Morgan fingerprint density at radius 3 is 2.06 bits per heavy atom. The Balaban J connectivity index is 1.37. The van der Waals surface area contributed by atoms with Crippen LogP contribution in [0.25, 0.3) is 10.8 Å². The maximum Gasteiger partial charge on any atom is 0.509 e. The molecule has 270 valence electrons. The van der Waals surface area contributed by atoms with Crippen molar-refractivity contribution in [1.29, 1.82) is 0 Å². The number of carbonyl (C=O) groups excluding carboxylic acids is 3. The number of alkyl halides is 2. The van der Waals surface area contributed by atoms with Gasteiger partial charge in [-0.15, -0.1) is 0 Å². The number of methoxy groups -OCH3 is 1. The number of hydrogen-bond acceptors (Lipinski definition) is 12. The normalized spacial score (nSPS) is 19.6. The highest BCUT2D eigenvalue weighted by atomic mass is 31.2. The van der Waals surface area contributed by atoms with Gasteiger partial charge in [0.2, 0.25) is 12.4 Å². The van der Waals surface area contributed by atoms with Crippen LogP contribution in [0.1, 0.15) is 18.1 Å². The maximum atomic E-state index is 16.2. The monoisotopic (exact) mass is 729 g/mol. The molecule has 4 aromatic rings. The minimum absolute atomic E-state index is 0.0411. The van der Waals surface area contributed by atoms with Gasteiger partial charge in [-0.1, -0.05) is 97.1 Å². The smallest absolute Gasteiger partial charge is 0.468 e. The van der Waals surface area contributed by atoms with Gasteiger partial charge in [0.1, 0.15) is 37.7 Å². The number of benzene rings is 4. The zero-order valence-electron chi connectivity index (χ0n) is 27.3. The van der Waals surface area contributed by atoms with Crippen LogP contribution in [0.3, 0.4) is 0 Å². The van der Waals surface area contributed by atoms with Gasteiger partial charge in [-0.25, -0.2) is 14.2 Å². The molecular weight excluding hydrogens is 695 g/mol. The van der Waals surface area contributed by atoms with Gasteiger partial charge in [-0.05, 0) is 29.5 Å². The molecule has 0 spiro atoms. The van der Waals surface area contributed by atoms with E-state index in [0.717, 1.165) is 7.11 Å². The largest absolute Gasteiger partial charge is 0.509 e. The van der Waals surface area contributed by atoms with Gasteiger partial charge >= 0.3 is 31.9 Å². The molecule has 2 unspecified atom stereocenters. The van der Waals surface area contributed by atoms with Crippen LogP contribution in [0.4, 0.5) is 18.4 Å². The molecule has 1 heterocycles. The van der Waals surface area contributed by atoms with Gasteiger partial charge in [-0.2, -0.15) is 13.9 Å². The zero-order valence-corrected chi connectivity index (χ0v) is 28.2. The second kappa shape index (κ2) is 16.8. The van der Waals surface area contributed by atoms with E-state index in [1.807, 2.05) is 0 Å². The minimum atomic E-state index is -4.98. The summed E-state index contributed by atoms with van der Waals surface area (Å²) in [6.45, 7) is -0.165. The van der Waals surface area contributed by atoms with Crippen LogP contribution in [-0.4, -0.2) is 62.5 Å². The van der Waals surface area contributed by atoms with E-state index in [9.17, 15) is 18.9 Å². The third-order valence-corrected chi connectivity index (χ3v) is 9.04. The number of esters is 1. The van der Waals surface area contributed by atoms with Crippen LogP contribution in [-0.2, 0) is 55.5 Å². The first-order valence-corrected chi connectivity index (χ1v) is 17.1. The summed E-state index contributed by atoms with van der Waals surface area (Å²) in [4.78, 5) is 37.3. The van der Waals surface area contributed by atoms with E-state index in [-0.39, 0.29) is 19.0 Å². The number of hydrogen-bond donors (Lipinski definition) is 1. The highest BCUT2D eigenvalue weighted by molar-refractivity contribution is 7.52. The second-order valence-corrected chi connectivity index (χ2v) is 12.8. The molecule has 16 heteroatoms. The molecule has 0 radical (unpaired) electrons. The lowest BCUT2D eigenvalue weighted by atomic mass is 10.1. The number of rotatable bonds is 14. The number of fused-ring (bicyclic) bond motifs is 1. The van der Waals surface area contributed by atoms with Crippen molar-refractivity contribution in [2.24, 2.45) is 0 Å². The summed E-state index contributed by atoms with van der Waals surface area (Å²) >= 11 is 0. The first-order chi connectivity index (χ1) is 24.5. The van der Waals surface area contributed by atoms with Crippen molar-refractivity contribution in [3.63, 3.8) is 0 Å². The predicted molar refractivity (Wildman–Crippen MR) is 176 cm³/mol. The van der Waals surface area contributed by atoms with E-state index in [0.29, 0.717) is 21.9 Å². The molecule has 1 N–H and O–H groups in total. The van der Waals surface area contributed by atoms with Crippen LogP contribution in [0.5, 0.6) is 5.75 Å². The third-order valence-electron chi connectivity index (χ3n) is 7.43. The fraction of sp³-hybridized carbons (Fsp3) is 0.286. The van der Waals surface area contributed by atoms with E-state index >= 15 is 8.78 Å². The van der Waals surface area contributed by atoms with E-state index in [1.165, 1.54) is 13.0 Å². The summed E-state index contributed by atoms with van der Waals surface area (Å²) in [6.07, 6.45) is -9.85. The molecule has 0 bridgehead atoms. The van der Waals surface area contributed by atoms with Gasteiger partial charge in [0.25, 0.3) is 0 Å². The molecular formula is C35H34F2NO12P. The van der Waals surface area contributed by atoms with Crippen molar-refractivity contribution < 1.29 is 65.2 Å². The predicted octanol–water partition coefficient (Wildman–Crippen LogP) is 6.93. The van der Waals surface area contributed by atoms with Gasteiger partial charge in [0.05, 0.1) is 7.11 Å². The molecule has 4 aromatic carbocycles. The van der Waals surface area contributed by atoms with Gasteiger partial charge < -0.3 is 32.9 Å². The lowest BCUT2D eigenvalue weighted by molar-refractivity contribution is -0.190. The molecule has 1 aliphatic rings. The Morgan fingerprint density at radius 1 is 0.824 bits per heavy atom. The molecule has 5 rings (SSSR count). The SMILES string of the molecule is COC(=O)[C@H](C)NP(=O)(Oc1cccc2ccccc12)OC1O[C@H](COC(=O)OCc2ccccc2)[C@@H](OC(=O)OCc2ccccc2)C1(F)F. The number of carbonyl (C=O) groups is 3. The summed E-state index contributed by atoms with van der Waals surface area (Å²) in [6, 6.07) is 27.1. The highest BCUT2D eigenvalue weighted by Gasteiger charge is 2.65. The Kier molecular flexibility index (Phi) is 12.2. The van der Waals surface area contributed by atoms with Crippen LogP contribution < -0.4 is 9.61 Å². The molecule has 1 saturated heterocycles. The molecule has 0 amide bonds. The molecule has 51 heavy (non-hydrogen) atoms. The zero-order chi connectivity index (χ0) is 36.4. The summed E-state index contributed by atoms with van der Waals surface area (Å²) < 4.78 is 87.9. The molecule has 0 aliphatic carbocycles. The molecule has 1 fully saturated rings. The van der Waals surface area contributed by atoms with Crippen molar-refractivity contribution in [2.45, 2.75) is 50.6 Å². The van der Waals surface area contributed by atoms with Crippen molar-refractivity contribution in [2.75, 3.05) is 13.7 Å². The van der Waals surface area contributed by atoms with E-state index < -0.39 is 63.1 Å². The highest BCUT2D eigenvalue weighted by Crippen LogP contribution is 2.52. The minimum Gasteiger partial charge on any atom is -0.468 e. The van der Waals surface area contributed by atoms with E-state index in [4.69, 9.17) is 32.7 Å². The lowest BCUT2D eigenvalue weighted by Gasteiger charge is -2.27. The van der Waals surface area contributed by atoms with Crippen LogP contribution in [0, 0.1) is 0 Å². The summed E-state index contributed by atoms with van der Waals surface area (Å²) in [5, 5.41) is 3.40. The Morgan fingerprint density at radius 2 is 1.41 bits per heavy atom. The first kappa shape index (κ1) is 37.2. The quantitative estimate of drug-likeness (QED) is 0.0811. The average molecular weight is 730 g/mol. The second-order valence-electron chi connectivity index (χ2n) is 11.1. The third kappa shape index (κ3) is 9.79. The standard InChI is InChI=1S/C35H34F2NO12P/c1-23(31(39)43-2)38-51(42,49-28-19-11-17-26-16-9-10-18-27(26)28)50-32-35(36,37)30(48-34(41)45-21-25-14-7-4-8-15-25)29(47-32)22-46-33(40)44-20-24-12-5-3-6-13-24/h3-19,23,29-30,32H,20-22H2,1-2H3,(H,38,42)/t23-,29+,30+,32?,51?/m0/s1. The Labute approximate surface area is 291 Å². The van der Waals surface area contributed by atoms with Crippen molar-refractivity contribution in [3.05, 3.63) is 114 Å². The van der Waals surface area contributed by atoms with Crippen molar-refractivity contribution in [1.82, 2.24) is 5.09 Å². The number of ether oxygens (including phenoxy) is 6. The van der Waals surface area contributed by atoms with E-state index in [2.05, 4.69) is 9.82 Å². The summed E-state index contributed by atoms with van der Waals surface area (Å²) in [5.74, 6) is -5.22. The Bertz CT molecular complexity index is 1840. The van der Waals surface area contributed by atoms with Crippen molar-refractivity contribution >= 4 is 36.8 Å². The lowest BCUT2D eigenvalue weighted by Crippen LogP contribution is -2.45. The Hall–Kier alpha value is -5.08. The van der Waals surface area contributed by atoms with Crippen LogP contribution in [0.2, 0.25) is 0 Å². The molecule has 0 saturated carbocycles. The maximum absolute atomic E-state index is 16.2. The summed E-state index contributed by atoms with van der Waals surface area (Å²) in [7, 11) is -3.91. The fourth-order valence-electron chi connectivity index (χ4n) is 4.92. The molecule has 13 nitrogen and oxygen atoms in total. The van der Waals surface area contributed by atoms with Crippen LogP contribution >= 0.6 is 7.75 Å². The number of nitrogens with one attached hydrogen (secondary N) is 1. The van der Waals surface area contributed by atoms with E-state index in [1.54, 1.807) is 97.1 Å². The van der Waals surface area contributed by atoms with Gasteiger partial charge in [0.15, 0.2) is 0 Å². The molecule has 0 aromatic heterocycles. The van der Waals surface area contributed by atoms with Gasteiger partial charge in [0, 0.05) is 5.39 Å². The average Bonchev–Trinajstić information content (AvgIpc) is 3.36. The van der Waals surface area contributed by atoms with Gasteiger partial charge in [-0.3, -0.25) is 9.32 Å². The van der Waals surface area contributed by atoms with Crippen LogP contribution in [0.15, 0.2) is 103 Å². The summed E-state index contributed by atoms with van der Waals surface area (Å²) in [5.41, 5.74) is 1.17.